The van der Waals surface area contributed by atoms with Gasteiger partial charge in [-0.2, -0.15) is 0 Å². The highest BCUT2D eigenvalue weighted by Crippen LogP contribution is 2.45. The Labute approximate surface area is 95.6 Å². The molecule has 0 aromatic rings. The minimum Gasteiger partial charge on any atom is -0.243 e. The van der Waals surface area contributed by atoms with Crippen LogP contribution in [-0.4, -0.2) is 5.67 Å². The van der Waals surface area contributed by atoms with Crippen molar-refractivity contribution in [2.75, 3.05) is 0 Å². The number of hydrogen-bond donors (Lipinski definition) is 0. The van der Waals surface area contributed by atoms with Gasteiger partial charge in [0.2, 0.25) is 0 Å². The molecule has 92 valence electrons. The van der Waals surface area contributed by atoms with Crippen molar-refractivity contribution in [3.63, 3.8) is 0 Å². The molecule has 2 atom stereocenters. The second-order valence-electron chi connectivity index (χ2n) is 6.54. The highest BCUT2D eigenvalue weighted by atomic mass is 19.1. The lowest BCUT2D eigenvalue weighted by molar-refractivity contribution is -0.0266. The fourth-order valence-electron chi connectivity index (χ4n) is 2.02. The molecule has 15 heavy (non-hydrogen) atoms. The van der Waals surface area contributed by atoms with Crippen LogP contribution in [0.2, 0.25) is 0 Å². The molecule has 0 saturated carbocycles. The van der Waals surface area contributed by atoms with Crippen molar-refractivity contribution in [3.8, 4) is 0 Å². The van der Waals surface area contributed by atoms with Crippen LogP contribution < -0.4 is 0 Å². The first-order chi connectivity index (χ1) is 6.52. The average molecular weight is 216 g/mol. The molecule has 0 amide bonds. The summed E-state index contributed by atoms with van der Waals surface area (Å²) in [5, 5.41) is 0. The van der Waals surface area contributed by atoms with E-state index in [9.17, 15) is 4.39 Å². The van der Waals surface area contributed by atoms with Crippen LogP contribution in [0.5, 0.6) is 0 Å². The molecule has 1 unspecified atom stereocenters. The zero-order chi connectivity index (χ0) is 12.4. The standard InChI is InChI=1S/C14H29F/c1-10(2)12(5)9-13(6,7)14(8,15)11(3)4/h10-12H,9H2,1-8H3/t12-,14?/m0/s1. The predicted octanol–water partition coefficient (Wildman–Crippen LogP) is 5.08. The summed E-state index contributed by atoms with van der Waals surface area (Å²) in [6.45, 7) is 16.5. The summed E-state index contributed by atoms with van der Waals surface area (Å²) in [7, 11) is 0. The third-order valence-corrected chi connectivity index (χ3v) is 4.38. The summed E-state index contributed by atoms with van der Waals surface area (Å²) in [6, 6.07) is 0. The van der Waals surface area contributed by atoms with Crippen molar-refractivity contribution in [1.82, 2.24) is 0 Å². The molecule has 0 heterocycles. The minimum atomic E-state index is -1.09. The van der Waals surface area contributed by atoms with Gasteiger partial charge in [0.25, 0.3) is 0 Å². The normalized spacial score (nSPS) is 19.4. The van der Waals surface area contributed by atoms with Gasteiger partial charge in [-0.3, -0.25) is 0 Å². The lowest BCUT2D eigenvalue weighted by atomic mass is 9.66. The quantitative estimate of drug-likeness (QED) is 0.601. The van der Waals surface area contributed by atoms with Gasteiger partial charge in [0.15, 0.2) is 0 Å². The third kappa shape index (κ3) is 3.46. The monoisotopic (exact) mass is 216 g/mol. The molecule has 0 aliphatic heterocycles. The summed E-state index contributed by atoms with van der Waals surface area (Å²) in [5.41, 5.74) is -1.33. The SMILES string of the molecule is CC(C)[C@@H](C)CC(C)(C)C(C)(F)C(C)C. The van der Waals surface area contributed by atoms with E-state index in [-0.39, 0.29) is 11.3 Å². The van der Waals surface area contributed by atoms with Crippen molar-refractivity contribution in [2.24, 2.45) is 23.2 Å². The van der Waals surface area contributed by atoms with Crippen molar-refractivity contribution in [1.29, 1.82) is 0 Å². The molecule has 0 fully saturated rings. The van der Waals surface area contributed by atoms with Crippen LogP contribution in [0, 0.1) is 23.2 Å². The third-order valence-electron chi connectivity index (χ3n) is 4.38. The summed E-state index contributed by atoms with van der Waals surface area (Å²) in [5.74, 6) is 1.29. The molecule has 0 aromatic heterocycles. The van der Waals surface area contributed by atoms with Crippen LogP contribution in [0.15, 0.2) is 0 Å². The van der Waals surface area contributed by atoms with Gasteiger partial charge in [0.05, 0.1) is 0 Å². The van der Waals surface area contributed by atoms with Crippen LogP contribution in [0.1, 0.15) is 61.8 Å². The Kier molecular flexibility index (Phi) is 4.82. The molecule has 0 nitrogen and oxygen atoms in total. The number of alkyl halides is 1. The Balaban J connectivity index is 4.68. The molecular formula is C14H29F. The van der Waals surface area contributed by atoms with Gasteiger partial charge in [-0.15, -0.1) is 0 Å². The van der Waals surface area contributed by atoms with E-state index in [1.807, 2.05) is 13.8 Å². The molecule has 0 rings (SSSR count). The molecule has 0 radical (unpaired) electrons. The fraction of sp³-hybridized carbons (Fsp3) is 1.00. The Morgan fingerprint density at radius 3 is 1.60 bits per heavy atom. The van der Waals surface area contributed by atoms with E-state index in [4.69, 9.17) is 0 Å². The Morgan fingerprint density at radius 1 is 0.933 bits per heavy atom. The molecule has 0 saturated heterocycles. The van der Waals surface area contributed by atoms with Crippen LogP contribution >= 0.6 is 0 Å². The summed E-state index contributed by atoms with van der Waals surface area (Å²) >= 11 is 0. The molecule has 0 spiro atoms. The highest BCUT2D eigenvalue weighted by Gasteiger charge is 2.44. The lowest BCUT2D eigenvalue weighted by Gasteiger charge is -2.43. The lowest BCUT2D eigenvalue weighted by Crippen LogP contribution is -2.43. The van der Waals surface area contributed by atoms with Gasteiger partial charge >= 0.3 is 0 Å². The maximum Gasteiger partial charge on any atom is 0.115 e. The molecule has 0 aliphatic carbocycles. The number of rotatable bonds is 5. The second kappa shape index (κ2) is 4.84. The first-order valence-electron chi connectivity index (χ1n) is 6.21. The van der Waals surface area contributed by atoms with Gasteiger partial charge in [0.1, 0.15) is 5.67 Å². The highest BCUT2D eigenvalue weighted by molar-refractivity contribution is 4.93. The van der Waals surface area contributed by atoms with E-state index in [0.717, 1.165) is 6.42 Å². The molecular weight excluding hydrogens is 187 g/mol. The maximum absolute atomic E-state index is 14.6. The van der Waals surface area contributed by atoms with Gasteiger partial charge in [-0.05, 0) is 36.5 Å². The van der Waals surface area contributed by atoms with Gasteiger partial charge in [-0.25, -0.2) is 4.39 Å². The van der Waals surface area contributed by atoms with Gasteiger partial charge in [0, 0.05) is 0 Å². The van der Waals surface area contributed by atoms with Crippen LogP contribution in [0.25, 0.3) is 0 Å². The summed E-state index contributed by atoms with van der Waals surface area (Å²) < 4.78 is 14.6. The molecule has 0 aromatic carbocycles. The van der Waals surface area contributed by atoms with E-state index in [1.54, 1.807) is 6.92 Å². The first-order valence-corrected chi connectivity index (χ1v) is 6.21. The van der Waals surface area contributed by atoms with Crippen LogP contribution in [0.3, 0.4) is 0 Å². The fourth-order valence-corrected chi connectivity index (χ4v) is 2.02. The largest absolute Gasteiger partial charge is 0.243 e. The van der Waals surface area contributed by atoms with E-state index in [1.165, 1.54) is 0 Å². The molecule has 0 aliphatic rings. The smallest absolute Gasteiger partial charge is 0.115 e. The van der Waals surface area contributed by atoms with Crippen molar-refractivity contribution in [3.05, 3.63) is 0 Å². The zero-order valence-corrected chi connectivity index (χ0v) is 11.8. The summed E-state index contributed by atoms with van der Waals surface area (Å²) in [4.78, 5) is 0. The number of hydrogen-bond acceptors (Lipinski definition) is 0. The second-order valence-corrected chi connectivity index (χ2v) is 6.54. The summed E-state index contributed by atoms with van der Waals surface area (Å²) in [6.07, 6.45) is 0.954. The predicted molar refractivity (Wildman–Crippen MR) is 66.8 cm³/mol. The van der Waals surface area contributed by atoms with Gasteiger partial charge in [-0.1, -0.05) is 48.5 Å². The Morgan fingerprint density at radius 2 is 1.33 bits per heavy atom. The van der Waals surface area contributed by atoms with Crippen LogP contribution in [-0.2, 0) is 0 Å². The molecule has 0 N–H and O–H groups in total. The topological polar surface area (TPSA) is 0 Å². The van der Waals surface area contributed by atoms with Crippen molar-refractivity contribution >= 4 is 0 Å². The van der Waals surface area contributed by atoms with E-state index in [0.29, 0.717) is 11.8 Å². The van der Waals surface area contributed by atoms with E-state index in [2.05, 4.69) is 34.6 Å². The van der Waals surface area contributed by atoms with Crippen molar-refractivity contribution < 1.29 is 4.39 Å². The average Bonchev–Trinajstić information content (AvgIpc) is 2.02. The minimum absolute atomic E-state index is 0.0758. The molecule has 1 heteroatoms. The molecule has 0 bridgehead atoms. The van der Waals surface area contributed by atoms with E-state index >= 15 is 0 Å². The van der Waals surface area contributed by atoms with Crippen molar-refractivity contribution in [2.45, 2.75) is 67.5 Å². The maximum atomic E-state index is 14.6. The first kappa shape index (κ1) is 14.9. The van der Waals surface area contributed by atoms with Gasteiger partial charge < -0.3 is 0 Å². The van der Waals surface area contributed by atoms with Crippen LogP contribution in [0.4, 0.5) is 4.39 Å². The zero-order valence-electron chi connectivity index (χ0n) is 11.8. The Bertz CT molecular complexity index is 190. The Hall–Kier alpha value is -0.0700. The number of halogens is 1. The van der Waals surface area contributed by atoms with E-state index < -0.39 is 5.67 Å².